The van der Waals surface area contributed by atoms with Gasteiger partial charge in [-0.2, -0.15) is 0 Å². The molecule has 0 nitrogen and oxygen atoms in total. The Morgan fingerprint density at radius 2 is 0.905 bits per heavy atom. The second-order valence-electron chi connectivity index (χ2n) is 18.7. The van der Waals surface area contributed by atoms with Crippen LogP contribution in [0, 0.1) is 0 Å². The van der Waals surface area contributed by atoms with E-state index < -0.39 is 0 Å². The molecule has 0 amide bonds. The van der Waals surface area contributed by atoms with Gasteiger partial charge in [-0.15, -0.1) is 0 Å². The summed E-state index contributed by atoms with van der Waals surface area (Å²) in [5.41, 5.74) is 21.2. The fourth-order valence-electron chi connectivity index (χ4n) is 12.0. The Labute approximate surface area is 367 Å². The van der Waals surface area contributed by atoms with Crippen molar-refractivity contribution in [3.8, 4) is 55.6 Å². The lowest BCUT2D eigenvalue weighted by molar-refractivity contribution is 0.661. The molecule has 0 saturated heterocycles. The van der Waals surface area contributed by atoms with Crippen molar-refractivity contribution >= 4 is 65.5 Å². The number of fused-ring (bicyclic) bond motifs is 4. The molecule has 0 heteroatoms. The van der Waals surface area contributed by atoms with Gasteiger partial charge in [-0.05, 0) is 174 Å². The van der Waals surface area contributed by atoms with Gasteiger partial charge < -0.3 is 0 Å². The van der Waals surface area contributed by atoms with Crippen molar-refractivity contribution in [3.05, 3.63) is 216 Å². The predicted molar refractivity (Wildman–Crippen MR) is 270 cm³/mol. The van der Waals surface area contributed by atoms with Crippen LogP contribution in [-0.2, 0) is 11.8 Å². The van der Waals surface area contributed by atoms with Crippen molar-refractivity contribution < 1.29 is 0 Å². The van der Waals surface area contributed by atoms with Crippen LogP contribution in [0.15, 0.2) is 188 Å². The first-order valence-electron chi connectivity index (χ1n) is 22.5. The van der Waals surface area contributed by atoms with E-state index in [0.717, 1.165) is 12.8 Å². The summed E-state index contributed by atoms with van der Waals surface area (Å²) in [6.45, 7) is 4.83. The van der Waals surface area contributed by atoms with E-state index >= 15 is 0 Å². The van der Waals surface area contributed by atoms with E-state index in [4.69, 9.17) is 0 Å². The summed E-state index contributed by atoms with van der Waals surface area (Å²) >= 11 is 0. The third-order valence-corrected chi connectivity index (χ3v) is 15.1. The van der Waals surface area contributed by atoms with Crippen LogP contribution in [0.25, 0.3) is 121 Å². The molecule has 0 bridgehead atoms. The molecular weight excluding hydrogens is 757 g/mol. The van der Waals surface area contributed by atoms with Crippen molar-refractivity contribution in [2.24, 2.45) is 0 Å². The zero-order valence-electron chi connectivity index (χ0n) is 35.4. The standard InChI is InChI=1S/C63H42/c1-63(2)57-35-45(24-28-53(57)54-29-25-46(36-58(54)63)50-27-21-42-19-17-38-9-6-11-40-23-31-56(50)62(42)60(38)40)48-33-32-47(51-14-3-4-15-52(48)51)43-12-7-13-44(34-43)49-26-20-41-18-16-37-8-5-10-39-22-30-55(49)61(41)59(37)39/h3-8,10-18,20-36H,9,19H2,1-2H3. The summed E-state index contributed by atoms with van der Waals surface area (Å²) in [5.74, 6) is 0. The summed E-state index contributed by atoms with van der Waals surface area (Å²) in [6.07, 6.45) is 9.11. The minimum atomic E-state index is -0.154. The average Bonchev–Trinajstić information content (AvgIpc) is 3.56. The fourth-order valence-corrected chi connectivity index (χ4v) is 12.0. The summed E-state index contributed by atoms with van der Waals surface area (Å²) in [4.78, 5) is 0. The van der Waals surface area contributed by atoms with Crippen LogP contribution in [0.4, 0.5) is 0 Å². The van der Waals surface area contributed by atoms with Crippen LogP contribution in [0.2, 0.25) is 0 Å². The molecule has 0 spiro atoms. The normalized spacial score (nSPS) is 14.5. The van der Waals surface area contributed by atoms with Gasteiger partial charge in [0.15, 0.2) is 0 Å². The quantitative estimate of drug-likeness (QED) is 0.156. The SMILES string of the molecule is CC1(C)c2cc(-c3ccc(-c4cccc(-c5ccc6ccc7cccc8ccc5c6c78)c4)c4ccccc34)ccc2-c2ccc(-c3ccc4c5c6c(ccc35)C=CCC6=CC4)cc21. The van der Waals surface area contributed by atoms with Gasteiger partial charge in [0.05, 0.1) is 0 Å². The lowest BCUT2D eigenvalue weighted by Gasteiger charge is -2.25. The molecule has 0 radical (unpaired) electrons. The first-order valence-corrected chi connectivity index (χ1v) is 22.5. The van der Waals surface area contributed by atoms with Crippen LogP contribution < -0.4 is 0 Å². The molecule has 0 unspecified atom stereocenters. The van der Waals surface area contributed by atoms with Crippen molar-refractivity contribution in [1.82, 2.24) is 0 Å². The Kier molecular flexibility index (Phi) is 7.11. The first-order chi connectivity index (χ1) is 31.0. The Morgan fingerprint density at radius 3 is 1.60 bits per heavy atom. The average molecular weight is 799 g/mol. The maximum Gasteiger partial charge on any atom is 0.0159 e. The Morgan fingerprint density at radius 1 is 0.381 bits per heavy atom. The highest BCUT2D eigenvalue weighted by atomic mass is 14.4. The monoisotopic (exact) mass is 798 g/mol. The highest BCUT2D eigenvalue weighted by Gasteiger charge is 2.36. The van der Waals surface area contributed by atoms with Crippen molar-refractivity contribution in [1.29, 1.82) is 0 Å². The molecular formula is C63H42. The van der Waals surface area contributed by atoms with Gasteiger partial charge in [0.2, 0.25) is 0 Å². The highest BCUT2D eigenvalue weighted by molar-refractivity contribution is 6.25. The van der Waals surface area contributed by atoms with Crippen LogP contribution in [0.5, 0.6) is 0 Å². The number of allylic oxidation sites excluding steroid dienone is 3. The molecule has 0 aromatic heterocycles. The molecule has 0 fully saturated rings. The smallest absolute Gasteiger partial charge is 0.0159 e. The van der Waals surface area contributed by atoms with E-state index in [-0.39, 0.29) is 5.41 Å². The number of hydrogen-bond acceptors (Lipinski definition) is 0. The molecule has 0 atom stereocenters. The molecule has 0 saturated carbocycles. The van der Waals surface area contributed by atoms with Crippen LogP contribution in [-0.4, -0.2) is 0 Å². The zero-order chi connectivity index (χ0) is 41.6. The summed E-state index contributed by atoms with van der Waals surface area (Å²) in [5, 5.41) is 13.3. The largest absolute Gasteiger partial charge is 0.0795 e. The van der Waals surface area contributed by atoms with Gasteiger partial charge in [0.25, 0.3) is 0 Å². The number of rotatable bonds is 4. The van der Waals surface area contributed by atoms with E-state index in [0.29, 0.717) is 0 Å². The van der Waals surface area contributed by atoms with Gasteiger partial charge in [0.1, 0.15) is 0 Å². The fraction of sp³-hybridized carbons (Fsp3) is 0.0794. The van der Waals surface area contributed by atoms with Crippen molar-refractivity contribution in [3.63, 3.8) is 0 Å². The minimum absolute atomic E-state index is 0.154. The van der Waals surface area contributed by atoms with Crippen LogP contribution in [0.1, 0.15) is 48.1 Å². The Hall–Kier alpha value is -7.54. The van der Waals surface area contributed by atoms with Crippen LogP contribution >= 0.6 is 0 Å². The van der Waals surface area contributed by atoms with E-state index in [1.807, 2.05) is 0 Å². The van der Waals surface area contributed by atoms with Crippen molar-refractivity contribution in [2.75, 3.05) is 0 Å². The lowest BCUT2D eigenvalue weighted by atomic mass is 9.78. The van der Waals surface area contributed by atoms with E-state index in [1.54, 1.807) is 0 Å². The maximum absolute atomic E-state index is 2.49. The first kappa shape index (κ1) is 35.1. The van der Waals surface area contributed by atoms with Gasteiger partial charge in [-0.25, -0.2) is 0 Å². The molecule has 11 aromatic carbocycles. The number of benzene rings is 11. The van der Waals surface area contributed by atoms with Crippen LogP contribution in [0.3, 0.4) is 0 Å². The summed E-state index contributed by atoms with van der Waals surface area (Å²) in [7, 11) is 0. The molecule has 14 rings (SSSR count). The topological polar surface area (TPSA) is 0 Å². The molecule has 3 aliphatic rings. The lowest BCUT2D eigenvalue weighted by Crippen LogP contribution is -2.15. The summed E-state index contributed by atoms with van der Waals surface area (Å²) < 4.78 is 0. The van der Waals surface area contributed by atoms with Gasteiger partial charge in [-0.1, -0.05) is 190 Å². The number of hydrogen-bond donors (Lipinski definition) is 0. The third-order valence-electron chi connectivity index (χ3n) is 15.1. The highest BCUT2D eigenvalue weighted by Crippen LogP contribution is 2.52. The summed E-state index contributed by atoms with van der Waals surface area (Å²) in [6, 6.07) is 67.1. The molecule has 63 heavy (non-hydrogen) atoms. The Bertz CT molecular complexity index is 3850. The molecule has 294 valence electrons. The minimum Gasteiger partial charge on any atom is -0.0795 e. The van der Waals surface area contributed by atoms with Gasteiger partial charge in [0, 0.05) is 5.41 Å². The molecule has 11 aromatic rings. The van der Waals surface area contributed by atoms with Crippen molar-refractivity contribution in [2.45, 2.75) is 32.1 Å². The Balaban J connectivity index is 0.845. The van der Waals surface area contributed by atoms with E-state index in [1.165, 1.54) is 143 Å². The second kappa shape index (κ2) is 12.8. The molecule has 0 N–H and O–H groups in total. The van der Waals surface area contributed by atoms with Gasteiger partial charge in [-0.3, -0.25) is 0 Å². The third kappa shape index (κ3) is 4.92. The van der Waals surface area contributed by atoms with E-state index in [2.05, 4.69) is 208 Å². The molecule has 0 aliphatic heterocycles. The van der Waals surface area contributed by atoms with E-state index in [9.17, 15) is 0 Å². The molecule has 0 heterocycles. The zero-order valence-corrected chi connectivity index (χ0v) is 35.4. The van der Waals surface area contributed by atoms with Gasteiger partial charge >= 0.3 is 0 Å². The second-order valence-corrected chi connectivity index (χ2v) is 18.7. The molecule has 3 aliphatic carbocycles. The maximum atomic E-state index is 2.49. The predicted octanol–water partition coefficient (Wildman–Crippen LogP) is 17.2.